The number of carbonyl (C=O) groups excluding carboxylic acids is 1. The SMILES string of the molecule is [C-]#[N+]C(C(=O)OC/C=C/C)=C(c1ccccc1)c1ccccc1. The van der Waals surface area contributed by atoms with Crippen LogP contribution in [0, 0.1) is 6.57 Å². The minimum absolute atomic E-state index is 0.00750. The number of hydrogen-bond acceptors (Lipinski definition) is 2. The average Bonchev–Trinajstić information content (AvgIpc) is 2.61. The molecule has 0 aromatic heterocycles. The molecule has 2 aromatic rings. The second-order valence-corrected chi connectivity index (χ2v) is 4.73. The Kier molecular flexibility index (Phi) is 5.90. The first-order valence-corrected chi connectivity index (χ1v) is 7.28. The lowest BCUT2D eigenvalue weighted by atomic mass is 9.96. The molecule has 0 aliphatic carbocycles. The predicted octanol–water partition coefficient (Wildman–Crippen LogP) is 4.48. The Bertz CT molecular complexity index is 712. The molecule has 114 valence electrons. The van der Waals surface area contributed by atoms with Gasteiger partial charge in [0.1, 0.15) is 6.61 Å². The van der Waals surface area contributed by atoms with E-state index in [2.05, 4.69) is 4.85 Å². The molecular formula is C20H17NO2. The van der Waals surface area contributed by atoms with E-state index in [1.165, 1.54) is 0 Å². The van der Waals surface area contributed by atoms with Crippen LogP contribution in [0.4, 0.5) is 0 Å². The van der Waals surface area contributed by atoms with Crippen LogP contribution in [-0.2, 0) is 9.53 Å². The third-order valence-electron chi connectivity index (χ3n) is 3.21. The molecule has 0 N–H and O–H groups in total. The summed E-state index contributed by atoms with van der Waals surface area (Å²) < 4.78 is 5.16. The lowest BCUT2D eigenvalue weighted by Gasteiger charge is -2.11. The summed E-state index contributed by atoms with van der Waals surface area (Å²) in [6, 6.07) is 18.8. The molecule has 3 nitrogen and oxygen atoms in total. The zero-order valence-electron chi connectivity index (χ0n) is 12.9. The van der Waals surface area contributed by atoms with E-state index in [-0.39, 0.29) is 12.3 Å². The largest absolute Gasteiger partial charge is 0.466 e. The minimum Gasteiger partial charge on any atom is -0.466 e. The van der Waals surface area contributed by atoms with E-state index >= 15 is 0 Å². The highest BCUT2D eigenvalue weighted by Crippen LogP contribution is 2.28. The predicted molar refractivity (Wildman–Crippen MR) is 91.3 cm³/mol. The first-order valence-electron chi connectivity index (χ1n) is 7.28. The average molecular weight is 303 g/mol. The fraction of sp³-hybridized carbons (Fsp3) is 0.100. The molecule has 0 atom stereocenters. The van der Waals surface area contributed by atoms with Gasteiger partial charge in [0.15, 0.2) is 0 Å². The highest BCUT2D eigenvalue weighted by Gasteiger charge is 2.20. The smallest absolute Gasteiger partial charge is 0.337 e. The summed E-state index contributed by atoms with van der Waals surface area (Å²) in [5.41, 5.74) is 2.21. The highest BCUT2D eigenvalue weighted by molar-refractivity contribution is 6.03. The van der Waals surface area contributed by atoms with Gasteiger partial charge >= 0.3 is 5.97 Å². The lowest BCUT2D eigenvalue weighted by molar-refractivity contribution is -0.137. The molecule has 0 radical (unpaired) electrons. The zero-order chi connectivity index (χ0) is 16.5. The summed E-state index contributed by atoms with van der Waals surface area (Å²) in [5, 5.41) is 0. The summed E-state index contributed by atoms with van der Waals surface area (Å²) in [7, 11) is 0. The Morgan fingerprint density at radius 3 is 2.00 bits per heavy atom. The van der Waals surface area contributed by atoms with Crippen LogP contribution in [0.5, 0.6) is 0 Å². The van der Waals surface area contributed by atoms with Crippen molar-refractivity contribution in [3.63, 3.8) is 0 Å². The minimum atomic E-state index is -0.610. The van der Waals surface area contributed by atoms with Gasteiger partial charge in [0.05, 0.1) is 6.57 Å². The van der Waals surface area contributed by atoms with Crippen molar-refractivity contribution in [2.45, 2.75) is 6.92 Å². The third kappa shape index (κ3) is 4.18. The Hall–Kier alpha value is -3.12. The molecule has 0 unspecified atom stereocenters. The molecule has 0 aliphatic rings. The van der Waals surface area contributed by atoms with E-state index in [0.29, 0.717) is 5.57 Å². The maximum Gasteiger partial charge on any atom is 0.337 e. The molecule has 0 heterocycles. The summed E-state index contributed by atoms with van der Waals surface area (Å²) in [5.74, 6) is -0.610. The van der Waals surface area contributed by atoms with Crippen molar-refractivity contribution in [1.82, 2.24) is 0 Å². The third-order valence-corrected chi connectivity index (χ3v) is 3.21. The standard InChI is InChI=1S/C20H17NO2/c1-3-4-15-23-20(22)19(21-2)18(16-11-7-5-8-12-16)17-13-9-6-10-14-17/h3-14H,15H2,1H3/b4-3+. The quantitative estimate of drug-likeness (QED) is 0.353. The van der Waals surface area contributed by atoms with Gasteiger partial charge in [0, 0.05) is 5.57 Å². The number of benzene rings is 2. The fourth-order valence-corrected chi connectivity index (χ4v) is 2.14. The van der Waals surface area contributed by atoms with Crippen molar-refractivity contribution in [1.29, 1.82) is 0 Å². The number of esters is 1. The maximum atomic E-state index is 12.3. The molecule has 0 bridgehead atoms. The van der Waals surface area contributed by atoms with Crippen molar-refractivity contribution < 1.29 is 9.53 Å². The van der Waals surface area contributed by atoms with Gasteiger partial charge in [0.2, 0.25) is 0 Å². The van der Waals surface area contributed by atoms with E-state index < -0.39 is 5.97 Å². The first-order chi connectivity index (χ1) is 11.3. The second-order valence-electron chi connectivity index (χ2n) is 4.73. The monoisotopic (exact) mass is 303 g/mol. The molecular weight excluding hydrogens is 286 g/mol. The van der Waals surface area contributed by atoms with Gasteiger partial charge in [-0.15, -0.1) is 0 Å². The van der Waals surface area contributed by atoms with Gasteiger partial charge in [0.25, 0.3) is 5.70 Å². The van der Waals surface area contributed by atoms with Crippen molar-refractivity contribution >= 4 is 11.5 Å². The van der Waals surface area contributed by atoms with Gasteiger partial charge < -0.3 is 4.74 Å². The lowest BCUT2D eigenvalue weighted by Crippen LogP contribution is -2.08. The van der Waals surface area contributed by atoms with Gasteiger partial charge in [-0.25, -0.2) is 4.85 Å². The molecule has 2 aromatic carbocycles. The van der Waals surface area contributed by atoms with E-state index in [4.69, 9.17) is 11.3 Å². The van der Waals surface area contributed by atoms with E-state index in [1.54, 1.807) is 12.2 Å². The van der Waals surface area contributed by atoms with Crippen molar-refractivity contribution in [2.24, 2.45) is 0 Å². The van der Waals surface area contributed by atoms with Gasteiger partial charge in [-0.1, -0.05) is 72.8 Å². The summed E-state index contributed by atoms with van der Waals surface area (Å²) in [4.78, 5) is 15.8. The van der Waals surface area contributed by atoms with Crippen LogP contribution >= 0.6 is 0 Å². The van der Waals surface area contributed by atoms with E-state index in [0.717, 1.165) is 11.1 Å². The summed E-state index contributed by atoms with van der Waals surface area (Å²) in [6.45, 7) is 9.45. The molecule has 0 fully saturated rings. The van der Waals surface area contributed by atoms with Gasteiger partial charge in [-0.3, -0.25) is 4.79 Å². The number of hydrogen-bond donors (Lipinski definition) is 0. The van der Waals surface area contributed by atoms with Crippen LogP contribution < -0.4 is 0 Å². The summed E-state index contributed by atoms with van der Waals surface area (Å²) in [6.07, 6.45) is 3.52. The Morgan fingerprint density at radius 1 is 1.04 bits per heavy atom. The number of nitrogens with zero attached hydrogens (tertiary/aromatic N) is 1. The van der Waals surface area contributed by atoms with Crippen LogP contribution in [-0.4, -0.2) is 12.6 Å². The Morgan fingerprint density at radius 2 is 1.57 bits per heavy atom. The second kappa shape index (κ2) is 8.35. The van der Waals surface area contributed by atoms with E-state index in [1.807, 2.05) is 67.6 Å². The van der Waals surface area contributed by atoms with Gasteiger partial charge in [-0.05, 0) is 18.1 Å². The molecule has 0 saturated heterocycles. The molecule has 23 heavy (non-hydrogen) atoms. The zero-order valence-corrected chi connectivity index (χ0v) is 12.9. The van der Waals surface area contributed by atoms with Crippen LogP contribution in [0.1, 0.15) is 18.1 Å². The normalized spacial score (nSPS) is 10.1. The van der Waals surface area contributed by atoms with Crippen molar-refractivity contribution in [3.8, 4) is 0 Å². The number of carbonyl (C=O) groups is 1. The highest BCUT2D eigenvalue weighted by atomic mass is 16.5. The maximum absolute atomic E-state index is 12.3. The number of rotatable bonds is 5. The molecule has 0 aliphatic heterocycles. The molecule has 0 saturated carbocycles. The summed E-state index contributed by atoms with van der Waals surface area (Å²) >= 11 is 0. The molecule has 2 rings (SSSR count). The van der Waals surface area contributed by atoms with Crippen LogP contribution in [0.2, 0.25) is 0 Å². The van der Waals surface area contributed by atoms with Crippen LogP contribution in [0.25, 0.3) is 10.4 Å². The van der Waals surface area contributed by atoms with Crippen molar-refractivity contribution in [3.05, 3.63) is 101 Å². The molecule has 0 spiro atoms. The Labute approximate surface area is 136 Å². The van der Waals surface area contributed by atoms with E-state index in [9.17, 15) is 4.79 Å². The fourth-order valence-electron chi connectivity index (χ4n) is 2.14. The Balaban J connectivity index is 2.54. The van der Waals surface area contributed by atoms with Gasteiger partial charge in [-0.2, -0.15) is 0 Å². The first kappa shape index (κ1) is 16.3. The van der Waals surface area contributed by atoms with Crippen LogP contribution in [0.15, 0.2) is 78.5 Å². The number of allylic oxidation sites excluding steroid dienone is 1. The number of ether oxygens (including phenoxy) is 1. The molecule has 3 heteroatoms. The van der Waals surface area contributed by atoms with Crippen LogP contribution in [0.3, 0.4) is 0 Å². The molecule has 0 amide bonds. The topological polar surface area (TPSA) is 30.7 Å². The van der Waals surface area contributed by atoms with Crippen molar-refractivity contribution in [2.75, 3.05) is 6.61 Å².